The fourth-order valence-electron chi connectivity index (χ4n) is 2.52. The highest BCUT2D eigenvalue weighted by Crippen LogP contribution is 2.46. The zero-order valence-electron chi connectivity index (χ0n) is 13.6. The zero-order valence-corrected chi connectivity index (χ0v) is 13.6. The van der Waals surface area contributed by atoms with Crippen molar-refractivity contribution in [3.63, 3.8) is 0 Å². The molecule has 0 amide bonds. The molecule has 24 heavy (non-hydrogen) atoms. The fourth-order valence-corrected chi connectivity index (χ4v) is 2.52. The number of ether oxygens (including phenoxy) is 3. The maximum Gasteiger partial charge on any atom is 0.203 e. The molecule has 2 rings (SSSR count). The molecule has 2 N–H and O–H groups in total. The molecule has 0 spiro atoms. The minimum absolute atomic E-state index is 0.404. The third kappa shape index (κ3) is 3.10. The van der Waals surface area contributed by atoms with Crippen molar-refractivity contribution >= 4 is 12.4 Å². The number of methoxy groups -OCH3 is 3. The summed E-state index contributed by atoms with van der Waals surface area (Å²) in [6.45, 7) is 0. The van der Waals surface area contributed by atoms with Gasteiger partial charge in [-0.3, -0.25) is 0 Å². The second kappa shape index (κ2) is 7.87. The van der Waals surface area contributed by atoms with Gasteiger partial charge in [0.1, 0.15) is 0 Å². The molecule has 0 aliphatic rings. The van der Waals surface area contributed by atoms with Crippen LogP contribution in [0, 0.1) is 0 Å². The third-order valence-corrected chi connectivity index (χ3v) is 3.48. The van der Waals surface area contributed by atoms with Crippen molar-refractivity contribution in [2.75, 3.05) is 21.3 Å². The summed E-state index contributed by atoms with van der Waals surface area (Å²) in [5, 5.41) is 24.1. The van der Waals surface area contributed by atoms with Crippen molar-refractivity contribution in [3.8, 4) is 28.4 Å². The average Bonchev–Trinajstić information content (AvgIpc) is 2.61. The van der Waals surface area contributed by atoms with Crippen LogP contribution in [0.25, 0.3) is 11.1 Å². The van der Waals surface area contributed by atoms with E-state index in [1.807, 2.05) is 18.2 Å². The van der Waals surface area contributed by atoms with E-state index < -0.39 is 0 Å². The lowest BCUT2D eigenvalue weighted by Crippen LogP contribution is -2.02. The molecule has 7 heteroatoms. The van der Waals surface area contributed by atoms with E-state index in [-0.39, 0.29) is 0 Å². The van der Waals surface area contributed by atoms with Gasteiger partial charge in [0.2, 0.25) is 5.75 Å². The molecule has 0 bridgehead atoms. The highest BCUT2D eigenvalue weighted by Gasteiger charge is 2.22. The molecule has 0 atom stereocenters. The lowest BCUT2D eigenvalue weighted by atomic mass is 9.94. The van der Waals surface area contributed by atoms with E-state index in [2.05, 4.69) is 10.3 Å². The monoisotopic (exact) mass is 330 g/mol. The second-order valence-corrected chi connectivity index (χ2v) is 4.69. The molecule has 0 radical (unpaired) electrons. The molecule has 0 unspecified atom stereocenters. The van der Waals surface area contributed by atoms with Gasteiger partial charge in [-0.2, -0.15) is 0 Å². The highest BCUT2D eigenvalue weighted by molar-refractivity contribution is 6.00. The summed E-state index contributed by atoms with van der Waals surface area (Å²) in [5.74, 6) is 1.24. The Balaban J connectivity index is 2.90. The summed E-state index contributed by atoms with van der Waals surface area (Å²) in [6.07, 6.45) is 2.58. The van der Waals surface area contributed by atoms with E-state index in [1.165, 1.54) is 33.8 Å². The summed E-state index contributed by atoms with van der Waals surface area (Å²) < 4.78 is 16.3. The van der Waals surface area contributed by atoms with Gasteiger partial charge in [-0.05, 0) is 11.6 Å². The number of nitrogens with zero attached hydrogens (tertiary/aromatic N) is 2. The predicted octanol–water partition coefficient (Wildman–Crippen LogP) is 3.00. The van der Waals surface area contributed by atoms with Crippen molar-refractivity contribution in [1.82, 2.24) is 0 Å². The molecule has 126 valence electrons. The number of rotatable bonds is 6. The van der Waals surface area contributed by atoms with Crippen molar-refractivity contribution in [2.45, 2.75) is 0 Å². The number of hydrogen-bond donors (Lipinski definition) is 2. The smallest absolute Gasteiger partial charge is 0.203 e. The molecular weight excluding hydrogens is 312 g/mol. The van der Waals surface area contributed by atoms with E-state index in [0.29, 0.717) is 39.5 Å². The van der Waals surface area contributed by atoms with Crippen LogP contribution in [0.2, 0.25) is 0 Å². The van der Waals surface area contributed by atoms with Crippen LogP contribution in [0.4, 0.5) is 0 Å². The SMILES string of the molecule is COc1cc(/C=N/O)c(-c2ccccc2/C=N/O)c(OC)c1OC. The molecule has 0 aliphatic heterocycles. The quantitative estimate of drug-likeness (QED) is 0.482. The first-order valence-electron chi connectivity index (χ1n) is 6.99. The van der Waals surface area contributed by atoms with Crippen LogP contribution in [0.5, 0.6) is 17.2 Å². The van der Waals surface area contributed by atoms with Gasteiger partial charge in [-0.1, -0.05) is 34.6 Å². The molecule has 0 saturated heterocycles. The van der Waals surface area contributed by atoms with Gasteiger partial charge in [0.05, 0.1) is 33.8 Å². The van der Waals surface area contributed by atoms with E-state index in [9.17, 15) is 0 Å². The van der Waals surface area contributed by atoms with E-state index in [4.69, 9.17) is 24.6 Å². The van der Waals surface area contributed by atoms with Crippen LogP contribution in [0.1, 0.15) is 11.1 Å². The summed E-state index contributed by atoms with van der Waals surface area (Å²) >= 11 is 0. The minimum atomic E-state index is 0.404. The average molecular weight is 330 g/mol. The van der Waals surface area contributed by atoms with Crippen molar-refractivity contribution in [3.05, 3.63) is 41.5 Å². The van der Waals surface area contributed by atoms with Gasteiger partial charge in [0.25, 0.3) is 0 Å². The van der Waals surface area contributed by atoms with Crippen molar-refractivity contribution < 1.29 is 24.6 Å². The van der Waals surface area contributed by atoms with E-state index >= 15 is 0 Å². The molecule has 7 nitrogen and oxygen atoms in total. The highest BCUT2D eigenvalue weighted by atomic mass is 16.5. The summed E-state index contributed by atoms with van der Waals surface area (Å²) in [4.78, 5) is 0. The van der Waals surface area contributed by atoms with Crippen LogP contribution in [-0.4, -0.2) is 44.2 Å². The van der Waals surface area contributed by atoms with Crippen LogP contribution >= 0.6 is 0 Å². The standard InChI is InChI=1S/C17H18N2O5/c1-22-14-8-12(10-19-21)15(17(24-3)16(14)23-2)13-7-5-4-6-11(13)9-18-20/h4-10,20-21H,1-3H3/b18-9+,19-10+. The van der Waals surface area contributed by atoms with Crippen LogP contribution in [0.3, 0.4) is 0 Å². The Hall–Kier alpha value is -3.22. The first-order chi connectivity index (χ1) is 11.7. The van der Waals surface area contributed by atoms with Gasteiger partial charge >= 0.3 is 0 Å². The van der Waals surface area contributed by atoms with Crippen LogP contribution in [0.15, 0.2) is 40.6 Å². The first kappa shape index (κ1) is 17.1. The Morgan fingerprint density at radius 3 is 2.04 bits per heavy atom. The number of hydrogen-bond acceptors (Lipinski definition) is 7. The summed E-state index contributed by atoms with van der Waals surface area (Å²) in [6, 6.07) is 8.93. The maximum absolute atomic E-state index is 9.01. The lowest BCUT2D eigenvalue weighted by molar-refractivity contribution is 0.320. The number of oxime groups is 2. The summed E-state index contributed by atoms with van der Waals surface area (Å²) in [5.41, 5.74) is 2.52. The molecular formula is C17H18N2O5. The Morgan fingerprint density at radius 1 is 0.833 bits per heavy atom. The van der Waals surface area contributed by atoms with Gasteiger partial charge in [0, 0.05) is 16.7 Å². The van der Waals surface area contributed by atoms with Gasteiger partial charge in [-0.25, -0.2) is 0 Å². The van der Waals surface area contributed by atoms with Gasteiger partial charge < -0.3 is 24.6 Å². The van der Waals surface area contributed by atoms with Gasteiger partial charge in [-0.15, -0.1) is 0 Å². The van der Waals surface area contributed by atoms with Crippen LogP contribution in [-0.2, 0) is 0 Å². The molecule has 0 aromatic heterocycles. The molecule has 0 fully saturated rings. The van der Waals surface area contributed by atoms with E-state index in [0.717, 1.165) is 0 Å². The lowest BCUT2D eigenvalue weighted by Gasteiger charge is -2.19. The Labute approximate surface area is 139 Å². The van der Waals surface area contributed by atoms with Crippen LogP contribution < -0.4 is 14.2 Å². The normalized spacial score (nSPS) is 11.1. The second-order valence-electron chi connectivity index (χ2n) is 4.69. The Bertz CT molecular complexity index is 772. The Morgan fingerprint density at radius 2 is 1.46 bits per heavy atom. The molecule has 0 saturated carbocycles. The van der Waals surface area contributed by atoms with Crippen molar-refractivity contribution in [2.24, 2.45) is 10.3 Å². The predicted molar refractivity (Wildman–Crippen MR) is 90.3 cm³/mol. The number of benzene rings is 2. The molecule has 0 heterocycles. The third-order valence-electron chi connectivity index (χ3n) is 3.48. The molecule has 2 aromatic carbocycles. The first-order valence-corrected chi connectivity index (χ1v) is 6.99. The maximum atomic E-state index is 9.01. The molecule has 2 aromatic rings. The fraction of sp³-hybridized carbons (Fsp3) is 0.176. The summed E-state index contributed by atoms with van der Waals surface area (Å²) in [7, 11) is 4.51. The van der Waals surface area contributed by atoms with E-state index in [1.54, 1.807) is 12.1 Å². The minimum Gasteiger partial charge on any atom is -0.493 e. The topological polar surface area (TPSA) is 92.9 Å². The zero-order chi connectivity index (χ0) is 17.5. The largest absolute Gasteiger partial charge is 0.493 e. The Kier molecular flexibility index (Phi) is 5.62. The van der Waals surface area contributed by atoms with Crippen molar-refractivity contribution in [1.29, 1.82) is 0 Å². The van der Waals surface area contributed by atoms with Gasteiger partial charge in [0.15, 0.2) is 11.5 Å². The molecule has 0 aliphatic carbocycles.